The lowest BCUT2D eigenvalue weighted by molar-refractivity contribution is -0.435. The van der Waals surface area contributed by atoms with Crippen molar-refractivity contribution in [2.75, 3.05) is 64.4 Å². The molecule has 0 spiro atoms. The number of hydrogen-bond acceptors (Lipinski definition) is 14. The number of benzene rings is 4. The van der Waals surface area contributed by atoms with Gasteiger partial charge in [0.1, 0.15) is 39.0 Å². The van der Waals surface area contributed by atoms with E-state index in [1.165, 1.54) is 24.3 Å². The van der Waals surface area contributed by atoms with E-state index in [9.17, 15) is 24.4 Å². The Balaban J connectivity index is 1.39. The monoisotopic (exact) mass is 1070 g/mol. The van der Waals surface area contributed by atoms with Gasteiger partial charge in [0.15, 0.2) is 0 Å². The van der Waals surface area contributed by atoms with Gasteiger partial charge in [0.2, 0.25) is 5.69 Å². The van der Waals surface area contributed by atoms with Crippen LogP contribution >= 0.6 is 22.7 Å². The van der Waals surface area contributed by atoms with Crippen molar-refractivity contribution in [1.82, 2.24) is 9.80 Å². The molecular weight excluding hydrogens is 1020 g/mol. The Kier molecular flexibility index (Phi) is 20.0. The second-order valence-electron chi connectivity index (χ2n) is 17.4. The summed E-state index contributed by atoms with van der Waals surface area (Å²) < 4.78 is 82.5. The fourth-order valence-electron chi connectivity index (χ4n) is 7.75. The Morgan fingerprint density at radius 2 is 0.907 bits per heavy atom. The lowest BCUT2D eigenvalue weighted by atomic mass is 10.0. The predicted octanol–water partition coefficient (Wildman–Crippen LogP) is 13.2. The fraction of sp³-hybridized carbons (Fsp3) is 0.333. The molecule has 398 valence electrons. The summed E-state index contributed by atoms with van der Waals surface area (Å²) in [7, 11) is 7.14. The van der Waals surface area contributed by atoms with E-state index < -0.39 is 71.6 Å². The number of nitrogens with zero attached hydrogens (tertiary/aromatic N) is 6. The maximum Gasteiger partial charge on any atom is 0.415 e. The van der Waals surface area contributed by atoms with Gasteiger partial charge in [-0.15, -0.1) is 22.7 Å². The third kappa shape index (κ3) is 13.8. The molecule has 0 radical (unpaired) electrons. The van der Waals surface area contributed by atoms with Crippen LogP contribution in [-0.4, -0.2) is 93.4 Å². The van der Waals surface area contributed by atoms with E-state index in [-0.39, 0.29) is 72.0 Å². The molecule has 0 saturated carbocycles. The van der Waals surface area contributed by atoms with Crippen LogP contribution in [0.2, 0.25) is 0 Å². The molecule has 2 heterocycles. The maximum absolute atomic E-state index is 15.1. The molecule has 0 aliphatic rings. The van der Waals surface area contributed by atoms with Crippen LogP contribution in [0, 0.1) is 28.5 Å². The van der Waals surface area contributed by atoms with Crippen LogP contribution in [0.4, 0.5) is 48.5 Å². The van der Waals surface area contributed by atoms with Crippen LogP contribution in [0.25, 0.3) is 20.9 Å². The molecule has 0 aliphatic heterocycles. The number of amides is 2. The van der Waals surface area contributed by atoms with E-state index in [2.05, 4.69) is 5.11 Å². The quantitative estimate of drug-likeness (QED) is 0.0159. The van der Waals surface area contributed by atoms with Crippen molar-refractivity contribution in [2.45, 2.75) is 66.7 Å². The van der Waals surface area contributed by atoms with E-state index in [0.717, 1.165) is 56.7 Å². The summed E-state index contributed by atoms with van der Waals surface area (Å²) >= 11 is 2.06. The Morgan fingerprint density at radius 1 is 0.533 bits per heavy atom. The molecule has 21 heteroatoms. The highest BCUT2D eigenvalue weighted by molar-refractivity contribution is 7.20. The molecule has 0 unspecified atom stereocenters. The number of esters is 2. The molecule has 0 aliphatic carbocycles. The van der Waals surface area contributed by atoms with Crippen molar-refractivity contribution < 1.29 is 60.5 Å². The normalized spacial score (nSPS) is 11.5. The molecule has 6 rings (SSSR count). The van der Waals surface area contributed by atoms with Crippen LogP contribution in [0.1, 0.15) is 83.5 Å². The SMILES string of the molecule is CCCOC(=O)N(Cc1c(F)cccc1F)c1sc(-c2ccc(N=[N+]([O-])c3ccc(-c4sc(N(Cc5c(F)cccc5F)C(=O)OCCC)c(C(=O)OCC)c4CN(C)C)cc3)cc2)c(CN(C)C)c1C(=O)OCC. The van der Waals surface area contributed by atoms with E-state index in [1.807, 2.05) is 9.80 Å². The number of anilines is 2. The summed E-state index contributed by atoms with van der Waals surface area (Å²) in [6.45, 7) is 6.00. The number of hydrogen-bond donors (Lipinski definition) is 0. The molecule has 0 fully saturated rings. The molecule has 2 amide bonds. The molecule has 6 aromatic rings. The zero-order chi connectivity index (χ0) is 54.5. The summed E-state index contributed by atoms with van der Waals surface area (Å²) in [6, 6.07) is 19.6. The minimum atomic E-state index is -0.928. The minimum Gasteiger partial charge on any atom is -0.594 e. The summed E-state index contributed by atoms with van der Waals surface area (Å²) in [4.78, 5) is 62.4. The largest absolute Gasteiger partial charge is 0.594 e. The van der Waals surface area contributed by atoms with Gasteiger partial charge in [0.25, 0.3) is 0 Å². The number of carbonyl (C=O) groups is 4. The lowest BCUT2D eigenvalue weighted by Gasteiger charge is -2.23. The molecule has 15 nitrogen and oxygen atoms in total. The first-order chi connectivity index (χ1) is 35.9. The molecule has 0 saturated heterocycles. The van der Waals surface area contributed by atoms with E-state index in [4.69, 9.17) is 18.9 Å². The first-order valence-corrected chi connectivity index (χ1v) is 25.6. The number of ether oxygens (including phenoxy) is 4. The Morgan fingerprint density at radius 3 is 1.25 bits per heavy atom. The van der Waals surface area contributed by atoms with Gasteiger partial charge in [-0.3, -0.25) is 9.80 Å². The van der Waals surface area contributed by atoms with Crippen molar-refractivity contribution in [3.63, 3.8) is 0 Å². The predicted molar refractivity (Wildman–Crippen MR) is 280 cm³/mol. The van der Waals surface area contributed by atoms with E-state index >= 15 is 17.6 Å². The van der Waals surface area contributed by atoms with Gasteiger partial charge >= 0.3 is 24.1 Å². The Bertz CT molecular complexity index is 2980. The van der Waals surface area contributed by atoms with Crippen LogP contribution in [0.5, 0.6) is 0 Å². The summed E-state index contributed by atoms with van der Waals surface area (Å²) in [5.41, 5.74) is 1.61. The fourth-order valence-corrected chi connectivity index (χ4v) is 10.3. The number of thiophene rings is 2. The van der Waals surface area contributed by atoms with Gasteiger partial charge in [-0.05, 0) is 115 Å². The molecule has 0 atom stereocenters. The number of azo groups is 1. The smallest absolute Gasteiger partial charge is 0.415 e. The molecular formula is C54H58F4N6O9S2. The molecule has 0 N–H and O–H groups in total. The summed E-state index contributed by atoms with van der Waals surface area (Å²) in [5, 5.41) is 18.1. The van der Waals surface area contributed by atoms with Crippen molar-refractivity contribution in [3.8, 4) is 20.9 Å². The summed E-state index contributed by atoms with van der Waals surface area (Å²) in [6.07, 6.45) is -0.936. The third-order valence-electron chi connectivity index (χ3n) is 11.1. The minimum absolute atomic E-state index is 0.00135. The third-order valence-corrected chi connectivity index (χ3v) is 13.7. The average molecular weight is 1080 g/mol. The molecule has 4 aromatic carbocycles. The highest BCUT2D eigenvalue weighted by Gasteiger charge is 2.35. The van der Waals surface area contributed by atoms with E-state index in [0.29, 0.717) is 49.7 Å². The topological polar surface area (TPSA) is 157 Å². The van der Waals surface area contributed by atoms with Crippen LogP contribution < -0.4 is 9.80 Å². The second-order valence-corrected chi connectivity index (χ2v) is 19.4. The highest BCUT2D eigenvalue weighted by Crippen LogP contribution is 2.46. The number of halogens is 4. The summed E-state index contributed by atoms with van der Waals surface area (Å²) in [5.74, 6) is -5.09. The Hall–Kier alpha value is -7.20. The standard InChI is InChI=1S/C54H58F4N6O9S2/c1-9-27-72-53(67)62(31-37-41(55)15-13-16-42(37)56)49-45(51(65)70-11-3)39(29-60(5)6)47(74-49)33-19-23-35(24-20-33)59-64(69)36-25-21-34(22-26-36)48-40(30-61(7)8)46(52(66)71-12-4)50(75-48)63(54(68)73-28-10-2)32-38-43(57)17-14-18-44(38)58/h13-26H,9-12,27-32H2,1-8H3. The molecule has 75 heavy (non-hydrogen) atoms. The van der Waals surface area contributed by atoms with Crippen LogP contribution in [0.3, 0.4) is 0 Å². The van der Waals surface area contributed by atoms with Crippen molar-refractivity contribution >= 4 is 68.2 Å². The van der Waals surface area contributed by atoms with Gasteiger partial charge in [-0.25, -0.2) is 36.7 Å². The Labute approximate surface area is 440 Å². The van der Waals surface area contributed by atoms with Crippen LogP contribution in [0.15, 0.2) is 90.0 Å². The maximum atomic E-state index is 15.1. The number of carbonyl (C=O) groups excluding carboxylic acids is 4. The molecule has 2 aromatic heterocycles. The van der Waals surface area contributed by atoms with Crippen molar-refractivity contribution in [1.29, 1.82) is 0 Å². The van der Waals surface area contributed by atoms with Gasteiger partial charge < -0.3 is 34.0 Å². The van der Waals surface area contributed by atoms with E-state index in [1.54, 1.807) is 92.3 Å². The first-order valence-electron chi connectivity index (χ1n) is 24.0. The lowest BCUT2D eigenvalue weighted by Crippen LogP contribution is -2.33. The average Bonchev–Trinajstić information content (AvgIpc) is 3.93. The van der Waals surface area contributed by atoms with Crippen molar-refractivity contribution in [3.05, 3.63) is 147 Å². The highest BCUT2D eigenvalue weighted by atomic mass is 32.1. The molecule has 0 bridgehead atoms. The van der Waals surface area contributed by atoms with Gasteiger partial charge in [-0.1, -0.05) is 43.0 Å². The van der Waals surface area contributed by atoms with Gasteiger partial charge in [0, 0.05) is 62.3 Å². The van der Waals surface area contributed by atoms with Crippen LogP contribution in [-0.2, 0) is 45.1 Å². The first kappa shape index (κ1) is 57.1. The zero-order valence-electron chi connectivity index (χ0n) is 42.8. The number of rotatable bonds is 22. The van der Waals surface area contributed by atoms with Gasteiger partial charge in [0.05, 0.1) is 50.6 Å². The zero-order valence-corrected chi connectivity index (χ0v) is 44.5. The second kappa shape index (κ2) is 26.3. The van der Waals surface area contributed by atoms with Gasteiger partial charge in [-0.2, -0.15) is 0 Å². The van der Waals surface area contributed by atoms with Crippen molar-refractivity contribution in [2.24, 2.45) is 5.11 Å².